The van der Waals surface area contributed by atoms with Crippen LogP contribution in [0.25, 0.3) is 0 Å². The van der Waals surface area contributed by atoms with Crippen LogP contribution in [-0.4, -0.2) is 24.6 Å². The second kappa shape index (κ2) is 4.63. The Labute approximate surface area is 98.8 Å². The van der Waals surface area contributed by atoms with Gasteiger partial charge in [0, 0.05) is 24.0 Å². The number of benzene rings is 1. The Morgan fingerprint density at radius 3 is 2.56 bits per heavy atom. The van der Waals surface area contributed by atoms with Gasteiger partial charge in [0.15, 0.2) is 0 Å². The summed E-state index contributed by atoms with van der Waals surface area (Å²) in [4.78, 5) is 0. The van der Waals surface area contributed by atoms with Crippen molar-refractivity contribution in [1.29, 1.82) is 0 Å². The smallest absolute Gasteiger partial charge is 0.127 e. The Morgan fingerprint density at radius 1 is 1.31 bits per heavy atom. The molecule has 1 heterocycles. The van der Waals surface area contributed by atoms with E-state index in [2.05, 4.69) is 0 Å². The zero-order valence-corrected chi connectivity index (χ0v) is 10.0. The van der Waals surface area contributed by atoms with E-state index in [9.17, 15) is 9.50 Å². The molecule has 1 fully saturated rings. The summed E-state index contributed by atoms with van der Waals surface area (Å²) in [5.74, 6) is -0.384. The lowest BCUT2D eigenvalue weighted by Gasteiger charge is -2.36. The van der Waals surface area contributed by atoms with Crippen LogP contribution < -0.4 is 0 Å². The van der Waals surface area contributed by atoms with Crippen LogP contribution in [0.5, 0.6) is 5.75 Å². The zero-order valence-electron chi connectivity index (χ0n) is 9.20. The lowest BCUT2D eigenvalue weighted by Crippen LogP contribution is -2.30. The average molecular weight is 242 g/mol. The molecule has 0 spiro atoms. The average Bonchev–Trinajstić information content (AvgIpc) is 2.28. The third kappa shape index (κ3) is 2.18. The summed E-state index contributed by atoms with van der Waals surface area (Å²) in [5, 5.41) is 9.45. The number of hydrogen-bond acceptors (Lipinski definition) is 3. The van der Waals surface area contributed by atoms with Gasteiger partial charge in [-0.1, -0.05) is 0 Å². The quantitative estimate of drug-likeness (QED) is 0.864. The van der Waals surface area contributed by atoms with Crippen molar-refractivity contribution in [2.75, 3.05) is 19.5 Å². The molecule has 0 amide bonds. The summed E-state index contributed by atoms with van der Waals surface area (Å²) in [5.41, 5.74) is 0.862. The molecule has 1 aromatic rings. The number of phenols is 1. The van der Waals surface area contributed by atoms with Crippen LogP contribution >= 0.6 is 11.8 Å². The van der Waals surface area contributed by atoms with Crippen LogP contribution in [0.2, 0.25) is 0 Å². The fourth-order valence-corrected chi connectivity index (χ4v) is 3.08. The first-order chi connectivity index (χ1) is 7.66. The predicted molar refractivity (Wildman–Crippen MR) is 63.3 cm³/mol. The summed E-state index contributed by atoms with van der Waals surface area (Å²) in [6, 6.07) is 4.31. The summed E-state index contributed by atoms with van der Waals surface area (Å²) in [6.07, 6.45) is 3.74. The third-order valence-corrected chi connectivity index (χ3v) is 4.53. The Balaban J connectivity index is 2.38. The van der Waals surface area contributed by atoms with Crippen LogP contribution in [-0.2, 0) is 9.48 Å². The lowest BCUT2D eigenvalue weighted by atomic mass is 9.90. The van der Waals surface area contributed by atoms with Gasteiger partial charge in [-0.25, -0.2) is 4.39 Å². The first-order valence-corrected chi connectivity index (χ1v) is 6.52. The molecular formula is C12H15FO2S. The highest BCUT2D eigenvalue weighted by molar-refractivity contribution is 7.99. The molecule has 1 saturated heterocycles. The Bertz CT molecular complexity index is 355. The van der Waals surface area contributed by atoms with E-state index in [0.29, 0.717) is 13.2 Å². The molecule has 2 nitrogen and oxygen atoms in total. The van der Waals surface area contributed by atoms with Gasteiger partial charge < -0.3 is 9.84 Å². The van der Waals surface area contributed by atoms with Crippen molar-refractivity contribution in [3.8, 4) is 5.75 Å². The molecule has 1 aromatic carbocycles. The number of rotatable bonds is 2. The molecule has 0 atom stereocenters. The van der Waals surface area contributed by atoms with Crippen molar-refractivity contribution >= 4 is 11.8 Å². The van der Waals surface area contributed by atoms with Crippen LogP contribution in [0.1, 0.15) is 18.4 Å². The number of halogens is 1. The normalized spacial score (nSPS) is 19.6. The van der Waals surface area contributed by atoms with Crippen molar-refractivity contribution in [1.82, 2.24) is 0 Å². The van der Waals surface area contributed by atoms with E-state index in [1.165, 1.54) is 6.07 Å². The lowest BCUT2D eigenvalue weighted by molar-refractivity contribution is 0.0768. The van der Waals surface area contributed by atoms with E-state index < -0.39 is 0 Å². The highest BCUT2D eigenvalue weighted by atomic mass is 32.2. The fraction of sp³-hybridized carbons (Fsp3) is 0.500. The second-order valence-corrected chi connectivity index (χ2v) is 5.20. The van der Waals surface area contributed by atoms with Crippen molar-refractivity contribution < 1.29 is 14.2 Å². The first kappa shape index (κ1) is 11.7. The number of ether oxygens (including phenoxy) is 1. The minimum atomic E-state index is -0.380. The first-order valence-electron chi connectivity index (χ1n) is 5.29. The van der Waals surface area contributed by atoms with Crippen LogP contribution in [0.15, 0.2) is 18.2 Å². The standard InChI is InChI=1S/C12H15FO2S/c1-16-12(2-4-15-5-3-12)9-6-10(13)8-11(14)7-9/h6-8,14H,2-5H2,1H3. The molecule has 0 saturated carbocycles. The molecular weight excluding hydrogens is 227 g/mol. The van der Waals surface area contributed by atoms with Crippen molar-refractivity contribution in [2.24, 2.45) is 0 Å². The van der Waals surface area contributed by atoms with E-state index in [4.69, 9.17) is 4.74 Å². The SMILES string of the molecule is CSC1(c2cc(O)cc(F)c2)CCOCC1. The van der Waals surface area contributed by atoms with Gasteiger partial charge in [0.25, 0.3) is 0 Å². The minimum absolute atomic E-state index is 0.00471. The van der Waals surface area contributed by atoms with Crippen molar-refractivity contribution in [3.05, 3.63) is 29.6 Å². The molecule has 0 aromatic heterocycles. The van der Waals surface area contributed by atoms with Gasteiger partial charge in [0.1, 0.15) is 11.6 Å². The van der Waals surface area contributed by atoms with E-state index in [0.717, 1.165) is 24.5 Å². The monoisotopic (exact) mass is 242 g/mol. The van der Waals surface area contributed by atoms with Crippen LogP contribution in [0.4, 0.5) is 4.39 Å². The number of phenolic OH excluding ortho intramolecular Hbond substituents is 1. The summed E-state index contributed by atoms with van der Waals surface area (Å²) >= 11 is 1.71. The second-order valence-electron chi connectivity index (χ2n) is 4.01. The Hall–Kier alpha value is -0.740. The van der Waals surface area contributed by atoms with Crippen molar-refractivity contribution in [2.45, 2.75) is 17.6 Å². The molecule has 88 valence electrons. The maximum absolute atomic E-state index is 13.3. The number of aromatic hydroxyl groups is 1. The highest BCUT2D eigenvalue weighted by Gasteiger charge is 2.34. The van der Waals surface area contributed by atoms with Crippen LogP contribution in [0.3, 0.4) is 0 Å². The summed E-state index contributed by atoms with van der Waals surface area (Å²) in [7, 11) is 0. The van der Waals surface area contributed by atoms with Crippen LogP contribution in [0, 0.1) is 5.82 Å². The Kier molecular flexibility index (Phi) is 3.40. The molecule has 0 radical (unpaired) electrons. The summed E-state index contributed by atoms with van der Waals surface area (Å²) in [6.45, 7) is 1.39. The molecule has 0 aliphatic carbocycles. The maximum atomic E-state index is 13.3. The van der Waals surface area contributed by atoms with Gasteiger partial charge in [-0.3, -0.25) is 0 Å². The molecule has 1 aliphatic heterocycles. The van der Waals surface area contributed by atoms with Gasteiger partial charge in [0.05, 0.1) is 0 Å². The van der Waals surface area contributed by atoms with Crippen molar-refractivity contribution in [3.63, 3.8) is 0 Å². The highest BCUT2D eigenvalue weighted by Crippen LogP contribution is 2.44. The van der Waals surface area contributed by atoms with E-state index >= 15 is 0 Å². The van der Waals surface area contributed by atoms with Gasteiger partial charge in [-0.15, -0.1) is 0 Å². The topological polar surface area (TPSA) is 29.5 Å². The number of thioether (sulfide) groups is 1. The zero-order chi connectivity index (χ0) is 11.6. The van der Waals surface area contributed by atoms with E-state index in [1.54, 1.807) is 17.8 Å². The molecule has 16 heavy (non-hydrogen) atoms. The largest absolute Gasteiger partial charge is 0.508 e. The van der Waals surface area contributed by atoms with Gasteiger partial charge in [-0.2, -0.15) is 11.8 Å². The third-order valence-electron chi connectivity index (χ3n) is 3.10. The predicted octanol–water partition coefficient (Wildman–Crippen LogP) is 2.90. The Morgan fingerprint density at radius 2 is 2.00 bits per heavy atom. The molecule has 0 unspecified atom stereocenters. The minimum Gasteiger partial charge on any atom is -0.508 e. The molecule has 2 rings (SSSR count). The molecule has 1 aliphatic rings. The molecule has 4 heteroatoms. The van der Waals surface area contributed by atoms with Gasteiger partial charge in [-0.05, 0) is 36.8 Å². The van der Waals surface area contributed by atoms with E-state index in [1.807, 2.05) is 6.26 Å². The molecule has 1 N–H and O–H groups in total. The van der Waals surface area contributed by atoms with Gasteiger partial charge >= 0.3 is 0 Å². The maximum Gasteiger partial charge on any atom is 0.127 e. The molecule has 0 bridgehead atoms. The van der Waals surface area contributed by atoms with E-state index in [-0.39, 0.29) is 16.3 Å². The van der Waals surface area contributed by atoms with Gasteiger partial charge in [0.2, 0.25) is 0 Å². The number of hydrogen-bond donors (Lipinski definition) is 1. The summed E-state index contributed by atoms with van der Waals surface area (Å²) < 4.78 is 18.5. The fourth-order valence-electron chi connectivity index (χ4n) is 2.15.